The number of ether oxygens (including phenoxy) is 8. The third-order valence-electron chi connectivity index (χ3n) is 15.8. The second-order valence-electron chi connectivity index (χ2n) is 22.9. The monoisotopic (exact) mass is 1370 g/mol. The predicted octanol–water partition coefficient (Wildman–Crippen LogP) is -14.2. The Morgan fingerprint density at radius 2 is 0.947 bits per heavy atom. The van der Waals surface area contributed by atoms with Gasteiger partial charge in [0.2, 0.25) is 35.4 Å². The lowest BCUT2D eigenvalue weighted by Gasteiger charge is -2.46. The number of aliphatic hydroxyl groups is 14. The zero-order valence-corrected chi connectivity index (χ0v) is 51.4. The molecule has 41 nitrogen and oxygen atoms in total. The fraction of sp³-hybridized carbons (Fsp3) is 0.741. The number of amides is 6. The number of nitrogens with zero attached hydrogens (tertiary/aromatic N) is 1. The van der Waals surface area contributed by atoms with Crippen LogP contribution in [0.25, 0.3) is 0 Å². The van der Waals surface area contributed by atoms with Gasteiger partial charge in [0, 0.05) is 13.0 Å². The third-order valence-corrected chi connectivity index (χ3v) is 15.8. The van der Waals surface area contributed by atoms with Gasteiger partial charge in [0.15, 0.2) is 31.1 Å². The van der Waals surface area contributed by atoms with Crippen molar-refractivity contribution >= 4 is 47.4 Å². The number of phenolic OH excluding ortho intramolecular Hbond substituents is 1. The topological polar surface area (TPSA) is 694 Å². The van der Waals surface area contributed by atoms with Crippen LogP contribution in [0.2, 0.25) is 0 Å². The van der Waals surface area contributed by atoms with Gasteiger partial charge in [-0.1, -0.05) is 12.1 Å². The van der Waals surface area contributed by atoms with Gasteiger partial charge >= 0.3 is 5.97 Å². The first-order chi connectivity index (χ1) is 44.7. The Morgan fingerprint density at radius 3 is 1.40 bits per heavy atom. The van der Waals surface area contributed by atoms with Crippen LogP contribution < -0.4 is 49.5 Å². The van der Waals surface area contributed by atoms with Gasteiger partial charge in [0.05, 0.1) is 45.1 Å². The number of carboxylic acids is 1. The zero-order valence-electron chi connectivity index (χ0n) is 51.4. The third kappa shape index (κ3) is 21.1. The number of carboxylic acid groups (broad SMARTS) is 1. The van der Waals surface area contributed by atoms with Crippen molar-refractivity contribution in [3.05, 3.63) is 29.8 Å². The first-order valence-electron chi connectivity index (χ1n) is 29.8. The maximum atomic E-state index is 14.7. The molecule has 28 atom stereocenters. The molecular weight excluding hydrogens is 1280 g/mol. The van der Waals surface area contributed by atoms with E-state index in [2.05, 4.69) is 31.6 Å². The number of primary amides is 1. The summed E-state index contributed by atoms with van der Waals surface area (Å²) < 4.78 is 44.6. The highest BCUT2D eigenvalue weighted by Crippen LogP contribution is 2.33. The molecule has 0 spiro atoms. The van der Waals surface area contributed by atoms with Crippen LogP contribution in [0.1, 0.15) is 45.6 Å². The zero-order chi connectivity index (χ0) is 71.0. The second kappa shape index (κ2) is 36.3. The maximum absolute atomic E-state index is 14.7. The Kier molecular flexibility index (Phi) is 30.3. The number of hydrogen-bond donors (Lipinski definition) is 25. The molecule has 41 heteroatoms. The Hall–Kier alpha value is -6.34. The van der Waals surface area contributed by atoms with E-state index >= 15 is 0 Å². The van der Waals surface area contributed by atoms with E-state index in [1.165, 1.54) is 31.2 Å². The molecule has 4 fully saturated rings. The minimum Gasteiger partial charge on any atom is -0.508 e. The van der Waals surface area contributed by atoms with Crippen molar-refractivity contribution in [2.24, 2.45) is 27.9 Å². The molecule has 4 aliphatic rings. The Morgan fingerprint density at radius 1 is 0.516 bits per heavy atom. The lowest BCUT2D eigenvalue weighted by Crippen LogP contribution is -2.65. The van der Waals surface area contributed by atoms with Crippen LogP contribution in [-0.4, -0.2) is 333 Å². The highest BCUT2D eigenvalue weighted by atomic mass is 16.8. The van der Waals surface area contributed by atoms with Crippen LogP contribution in [0.15, 0.2) is 29.3 Å². The smallest absolute Gasteiger partial charge is 0.326 e. The van der Waals surface area contributed by atoms with E-state index in [9.17, 15) is 115 Å². The molecule has 0 radical (unpaired) electrons. The quantitative estimate of drug-likeness (QED) is 0.0176. The van der Waals surface area contributed by atoms with Crippen LogP contribution in [0, 0.1) is 0 Å². The van der Waals surface area contributed by atoms with Gasteiger partial charge in [-0.05, 0) is 51.3 Å². The maximum Gasteiger partial charge on any atom is 0.326 e. The molecule has 540 valence electrons. The fourth-order valence-corrected chi connectivity index (χ4v) is 10.2. The molecule has 1 aromatic rings. The highest BCUT2D eigenvalue weighted by molar-refractivity contribution is 5.98. The molecule has 95 heavy (non-hydrogen) atoms. The van der Waals surface area contributed by atoms with Crippen molar-refractivity contribution in [1.82, 2.24) is 26.6 Å². The van der Waals surface area contributed by atoms with Crippen molar-refractivity contribution < 1.29 is 153 Å². The van der Waals surface area contributed by atoms with Crippen molar-refractivity contribution in [3.8, 4) is 5.75 Å². The first-order valence-corrected chi connectivity index (χ1v) is 29.8. The number of hydrogen-bond acceptors (Lipinski definition) is 32. The van der Waals surface area contributed by atoms with E-state index in [1.54, 1.807) is 0 Å². The summed E-state index contributed by atoms with van der Waals surface area (Å²) in [5.74, 6) is -9.63. The molecule has 29 N–H and O–H groups in total. The number of aliphatic imine (C=N–C) groups is 1. The number of rotatable bonds is 33. The average Bonchev–Trinajstić information content (AvgIpc) is 0.794. The predicted molar refractivity (Wildman–Crippen MR) is 310 cm³/mol. The summed E-state index contributed by atoms with van der Waals surface area (Å²) in [6.45, 7) is -0.411. The van der Waals surface area contributed by atoms with E-state index in [0.29, 0.717) is 0 Å². The largest absolute Gasteiger partial charge is 0.508 e. The molecule has 4 heterocycles. The minimum atomic E-state index is -2.22. The van der Waals surface area contributed by atoms with Crippen LogP contribution in [0.5, 0.6) is 5.75 Å². The molecule has 0 aliphatic carbocycles. The Balaban J connectivity index is 1.33. The number of carbonyl (C=O) groups excluding carboxylic acids is 6. The summed E-state index contributed by atoms with van der Waals surface area (Å²) in [7, 11) is 0. The van der Waals surface area contributed by atoms with Crippen molar-refractivity contribution in [3.63, 3.8) is 0 Å². The summed E-state index contributed by atoms with van der Waals surface area (Å²) >= 11 is 0. The molecule has 0 saturated carbocycles. The second-order valence-corrected chi connectivity index (χ2v) is 22.9. The van der Waals surface area contributed by atoms with Gasteiger partial charge in [0.25, 0.3) is 0 Å². The van der Waals surface area contributed by atoms with Gasteiger partial charge < -0.3 is 169 Å². The Bertz CT molecular complexity index is 2700. The van der Waals surface area contributed by atoms with Gasteiger partial charge in [0.1, 0.15) is 140 Å². The average molecular weight is 1370 g/mol. The number of nitrogens with one attached hydrogen (secondary N) is 5. The number of aromatic hydroxyl groups is 1. The van der Waals surface area contributed by atoms with Crippen LogP contribution in [0.4, 0.5) is 0 Å². The van der Waals surface area contributed by atoms with Crippen LogP contribution in [0.3, 0.4) is 0 Å². The molecule has 4 saturated heterocycles. The summed E-state index contributed by atoms with van der Waals surface area (Å²) in [5, 5.41) is 178. The summed E-state index contributed by atoms with van der Waals surface area (Å²) in [6, 6.07) is -6.07. The number of nitrogens with two attached hydrogens (primary N) is 4. The number of guanidine groups is 1. The molecule has 6 amide bonds. The van der Waals surface area contributed by atoms with Crippen molar-refractivity contribution in [2.75, 3.05) is 33.0 Å². The van der Waals surface area contributed by atoms with E-state index in [1.807, 2.05) is 0 Å². The minimum absolute atomic E-state index is 0.0344. The number of carbonyl (C=O) groups is 7. The van der Waals surface area contributed by atoms with Crippen molar-refractivity contribution in [2.45, 2.75) is 218 Å². The van der Waals surface area contributed by atoms with E-state index < -0.39 is 252 Å². The lowest BCUT2D eigenvalue weighted by atomic mass is 9.97. The summed E-state index contributed by atoms with van der Waals surface area (Å²) in [6.07, 6.45) is -42.5. The number of phenols is 1. The normalized spacial score (nSPS) is 33.5. The lowest BCUT2D eigenvalue weighted by molar-refractivity contribution is -0.362. The molecule has 5 rings (SSSR count). The summed E-state index contributed by atoms with van der Waals surface area (Å²) in [4.78, 5) is 99.4. The SMILES string of the molecule is C[C@H](NC(=O)[C@@H](N)[C@@H](C)O[C@H]1O[C@H](CO)[C@@H](O[C@@H]2O[C@H](CO)[C@H](O)[C@H](O)[C@H]2O)[C@H](O)[C@H]1O)C(=O)N[C@@H](CC(N)=O)C(=O)N[C@@H](Cc1ccc(O)cc1)C(=O)N[C@H](C(=O)N[C@@H](CCCN=C(N)N)C(=O)O)[C@@H](C)O[C@H]1O[C@H](CO)[C@@H](O[C@@H]2O[C@H](CO)[C@H](O)[C@H](O)[C@H]2O)[C@H](O)[C@H]1O. The summed E-state index contributed by atoms with van der Waals surface area (Å²) in [5.41, 5.74) is 22.6. The van der Waals surface area contributed by atoms with Gasteiger partial charge in [-0.25, -0.2) is 4.79 Å². The number of aliphatic carboxylic acids is 1. The molecule has 0 bridgehead atoms. The highest BCUT2D eigenvalue weighted by Gasteiger charge is 2.54. The standard InChI is InChI=1S/C54H88N10O31/c1-17(60-47(84)30(56)18(2)88-50-40(79)36(75)42(27(15-67)92-50)94-52-38(77)34(73)32(71)25(13-65)90-52)44(81)62-24(12-29(55)70)45(82)63-23(11-20-6-8-21(69)9-7-20)46(83)64-31(48(85)61-22(49(86)87)5-4-10-59-54(57)58)19(3)89-51-41(80)37(76)43(28(16-68)93-51)95-53-39(78)35(74)33(72)26(14-66)91-53/h6-9,17-19,22-28,30-43,50-53,65-69,71-80H,4-5,10-16,56H2,1-3H3,(H2,55,70)(H,60,84)(H,61,85)(H,62,81)(H,63,82)(H,64,83)(H,86,87)(H4,57,58,59)/t17-,18+,19+,22-,23-,24-,25+,26+,27+,28+,30-,31-,32-,33-,34-,35-,36+,37+,38+,39+,40+,41+,42+,43+,50-,51-,52-,53-/m0/s1. The van der Waals surface area contributed by atoms with Gasteiger partial charge in [-0.3, -0.25) is 33.8 Å². The van der Waals surface area contributed by atoms with E-state index in [0.717, 1.165) is 13.8 Å². The van der Waals surface area contributed by atoms with E-state index in [-0.39, 0.29) is 36.7 Å². The fourth-order valence-electron chi connectivity index (χ4n) is 10.2. The molecule has 1 aromatic carbocycles. The molecular formula is C54H88N10O31. The number of aliphatic hydroxyl groups excluding tert-OH is 14. The molecule has 0 aromatic heterocycles. The van der Waals surface area contributed by atoms with Crippen LogP contribution in [-0.2, 0) is 77.9 Å². The van der Waals surface area contributed by atoms with Gasteiger partial charge in [-0.2, -0.15) is 0 Å². The molecule has 0 unspecified atom stereocenters. The van der Waals surface area contributed by atoms with E-state index in [4.69, 9.17) is 60.8 Å². The molecule has 4 aliphatic heterocycles. The first kappa shape index (κ1) is 79.3. The van der Waals surface area contributed by atoms with Crippen molar-refractivity contribution in [1.29, 1.82) is 0 Å². The van der Waals surface area contributed by atoms with Crippen LogP contribution >= 0.6 is 0 Å². The van der Waals surface area contributed by atoms with Gasteiger partial charge in [-0.15, -0.1) is 0 Å². The number of benzene rings is 1. The Labute approximate surface area is 540 Å².